The molecule has 2 heterocycles. The van der Waals surface area contributed by atoms with Crippen molar-refractivity contribution in [3.63, 3.8) is 0 Å². The molecule has 1 aliphatic carbocycles. The summed E-state index contributed by atoms with van der Waals surface area (Å²) in [4.78, 5) is 21.8. The Bertz CT molecular complexity index is 1330. The summed E-state index contributed by atoms with van der Waals surface area (Å²) in [6.07, 6.45) is 4.65. The molecular weight excluding hydrogens is 416 g/mol. The molecule has 1 fully saturated rings. The first kappa shape index (κ1) is 22.5. The Morgan fingerprint density at radius 2 is 2.12 bits per heavy atom. The van der Waals surface area contributed by atoms with Crippen molar-refractivity contribution in [2.75, 3.05) is 11.1 Å². The van der Waals surface area contributed by atoms with E-state index in [-0.39, 0.29) is 28.7 Å². The van der Waals surface area contributed by atoms with Gasteiger partial charge in [-0.1, -0.05) is 37.0 Å². The maximum absolute atomic E-state index is 13.6. The average Bonchev–Trinajstić information content (AvgIpc) is 3.30. The lowest BCUT2D eigenvalue weighted by Gasteiger charge is -2.21. The number of nitrogen functional groups attached to an aromatic ring is 1. The Labute approximate surface area is 192 Å². The normalized spacial score (nSPS) is 14.6. The van der Waals surface area contributed by atoms with Gasteiger partial charge in [0.05, 0.1) is 17.5 Å². The Kier molecular flexibility index (Phi) is 6.43. The number of nitrogens with one attached hydrogen (secondary N) is 2. The van der Waals surface area contributed by atoms with E-state index in [4.69, 9.17) is 11.1 Å². The molecule has 0 radical (unpaired) electrons. The second kappa shape index (κ2) is 9.43. The lowest BCUT2D eigenvalue weighted by atomic mass is 10.0. The molecule has 8 heteroatoms. The van der Waals surface area contributed by atoms with Gasteiger partial charge in [-0.3, -0.25) is 10.2 Å². The van der Waals surface area contributed by atoms with Crippen LogP contribution in [0.25, 0.3) is 10.8 Å². The van der Waals surface area contributed by atoms with Crippen LogP contribution in [0.3, 0.4) is 0 Å². The Hall–Kier alpha value is -3.70. The zero-order chi connectivity index (χ0) is 23.5. The number of aromatic nitrogens is 3. The summed E-state index contributed by atoms with van der Waals surface area (Å²) in [6, 6.07) is 8.11. The molecule has 0 amide bonds. The fourth-order valence-corrected chi connectivity index (χ4v) is 4.49. The third-order valence-electron chi connectivity index (χ3n) is 6.03. The zero-order valence-electron chi connectivity index (χ0n) is 18.9. The van der Waals surface area contributed by atoms with Gasteiger partial charge in [0.25, 0.3) is 5.56 Å². The molecule has 0 unspecified atom stereocenters. The number of aliphatic hydroxyl groups is 1. The molecule has 3 aromatic rings. The Morgan fingerprint density at radius 3 is 2.85 bits per heavy atom. The second-order valence-corrected chi connectivity index (χ2v) is 8.44. The standard InChI is InChI=1S/C25H28N6O2/c1-15-6-5-7-17-12-19(31(25(33)21(15)17)18-8-3-4-9-18)13-28-24-22(23(27)29-14-30-24)20(26)11-10-16(2)32/h5-7,12,14,16,18,26,32H,3-4,8-9,13H2,1-2H3,(H3,27,28,29,30)/t16-/m1/s1. The number of rotatable bonds is 5. The topological polar surface area (TPSA) is 130 Å². The van der Waals surface area contributed by atoms with E-state index in [0.29, 0.717) is 12.4 Å². The van der Waals surface area contributed by atoms with Gasteiger partial charge < -0.3 is 20.7 Å². The van der Waals surface area contributed by atoms with Gasteiger partial charge in [0, 0.05) is 11.7 Å². The van der Waals surface area contributed by atoms with Crippen molar-refractivity contribution in [2.45, 2.75) is 58.2 Å². The van der Waals surface area contributed by atoms with E-state index in [0.717, 1.165) is 47.7 Å². The third-order valence-corrected chi connectivity index (χ3v) is 6.03. The van der Waals surface area contributed by atoms with Crippen LogP contribution in [0.2, 0.25) is 0 Å². The van der Waals surface area contributed by atoms with Gasteiger partial charge in [-0.25, -0.2) is 9.97 Å². The van der Waals surface area contributed by atoms with Crippen LogP contribution in [0.1, 0.15) is 55.5 Å². The molecule has 1 atom stereocenters. The number of hydrogen-bond acceptors (Lipinski definition) is 7. The summed E-state index contributed by atoms with van der Waals surface area (Å²) in [5, 5.41) is 22.6. The highest BCUT2D eigenvalue weighted by atomic mass is 16.3. The molecule has 8 nitrogen and oxygen atoms in total. The molecule has 5 N–H and O–H groups in total. The van der Waals surface area contributed by atoms with Crippen LogP contribution in [0.5, 0.6) is 0 Å². The summed E-state index contributed by atoms with van der Waals surface area (Å²) in [7, 11) is 0. The van der Waals surface area contributed by atoms with Gasteiger partial charge in [0.1, 0.15) is 29.8 Å². The quantitative estimate of drug-likeness (QED) is 0.353. The Morgan fingerprint density at radius 1 is 1.36 bits per heavy atom. The molecular formula is C25H28N6O2. The highest BCUT2D eigenvalue weighted by Gasteiger charge is 2.23. The highest BCUT2D eigenvalue weighted by molar-refractivity contribution is 6.16. The molecule has 1 aromatic carbocycles. The third kappa shape index (κ3) is 4.59. The summed E-state index contributed by atoms with van der Waals surface area (Å²) in [5.41, 5.74) is 8.08. The number of hydrogen-bond donors (Lipinski definition) is 4. The number of aliphatic hydroxyl groups excluding tert-OH is 1. The number of aryl methyl sites for hydroxylation is 1. The number of fused-ring (bicyclic) bond motifs is 1. The minimum absolute atomic E-state index is 0.0345. The minimum Gasteiger partial charge on any atom is -0.383 e. The van der Waals surface area contributed by atoms with Crippen LogP contribution < -0.4 is 16.6 Å². The lowest BCUT2D eigenvalue weighted by molar-refractivity contribution is 0.253. The van der Waals surface area contributed by atoms with Crippen LogP contribution in [-0.2, 0) is 6.54 Å². The van der Waals surface area contributed by atoms with Gasteiger partial charge in [0.15, 0.2) is 0 Å². The summed E-state index contributed by atoms with van der Waals surface area (Å²) in [6.45, 7) is 3.82. The number of pyridine rings is 1. The predicted molar refractivity (Wildman–Crippen MR) is 131 cm³/mol. The number of nitrogens with two attached hydrogens (primary N) is 1. The first-order valence-corrected chi connectivity index (χ1v) is 11.1. The maximum Gasteiger partial charge on any atom is 0.259 e. The maximum atomic E-state index is 13.6. The van der Waals surface area contributed by atoms with Crippen LogP contribution in [0, 0.1) is 24.2 Å². The van der Waals surface area contributed by atoms with Crippen LogP contribution in [-0.4, -0.2) is 31.5 Å². The molecule has 1 aliphatic rings. The van der Waals surface area contributed by atoms with E-state index in [9.17, 15) is 9.90 Å². The van der Waals surface area contributed by atoms with Crippen molar-refractivity contribution in [1.82, 2.24) is 14.5 Å². The van der Waals surface area contributed by atoms with E-state index in [2.05, 4.69) is 33.2 Å². The summed E-state index contributed by atoms with van der Waals surface area (Å²) in [5.74, 6) is 5.64. The average molecular weight is 445 g/mol. The van der Waals surface area contributed by atoms with Crippen LogP contribution in [0.15, 0.2) is 35.4 Å². The van der Waals surface area contributed by atoms with Crippen molar-refractivity contribution < 1.29 is 5.11 Å². The van der Waals surface area contributed by atoms with Gasteiger partial charge in [0.2, 0.25) is 0 Å². The smallest absolute Gasteiger partial charge is 0.259 e. The molecule has 170 valence electrons. The molecule has 4 rings (SSSR count). The molecule has 0 bridgehead atoms. The Balaban J connectivity index is 1.75. The van der Waals surface area contributed by atoms with Crippen LogP contribution in [0.4, 0.5) is 11.6 Å². The summed E-state index contributed by atoms with van der Waals surface area (Å²) >= 11 is 0. The first-order valence-electron chi connectivity index (χ1n) is 11.1. The zero-order valence-corrected chi connectivity index (χ0v) is 18.9. The van der Waals surface area contributed by atoms with Crippen molar-refractivity contribution in [3.8, 4) is 11.8 Å². The van der Waals surface area contributed by atoms with E-state index in [1.807, 2.05) is 29.7 Å². The number of nitrogens with zero attached hydrogens (tertiary/aromatic N) is 3. The van der Waals surface area contributed by atoms with Gasteiger partial charge in [-0.2, -0.15) is 0 Å². The number of benzene rings is 1. The van der Waals surface area contributed by atoms with E-state index >= 15 is 0 Å². The largest absolute Gasteiger partial charge is 0.383 e. The number of anilines is 2. The first-order chi connectivity index (χ1) is 15.9. The molecule has 0 saturated heterocycles. The highest BCUT2D eigenvalue weighted by Crippen LogP contribution is 2.31. The van der Waals surface area contributed by atoms with Gasteiger partial charge in [-0.15, -0.1) is 0 Å². The van der Waals surface area contributed by atoms with E-state index in [1.165, 1.54) is 13.3 Å². The fourth-order valence-electron chi connectivity index (χ4n) is 4.49. The van der Waals surface area contributed by atoms with Crippen molar-refractivity contribution in [2.24, 2.45) is 0 Å². The molecule has 1 saturated carbocycles. The van der Waals surface area contributed by atoms with Crippen molar-refractivity contribution >= 4 is 28.1 Å². The fraction of sp³-hybridized carbons (Fsp3) is 0.360. The molecule has 2 aromatic heterocycles. The molecule has 33 heavy (non-hydrogen) atoms. The molecule has 0 aliphatic heterocycles. The summed E-state index contributed by atoms with van der Waals surface area (Å²) < 4.78 is 1.93. The van der Waals surface area contributed by atoms with E-state index < -0.39 is 6.10 Å². The van der Waals surface area contributed by atoms with E-state index in [1.54, 1.807) is 0 Å². The van der Waals surface area contributed by atoms with Crippen molar-refractivity contribution in [3.05, 3.63) is 57.8 Å². The van der Waals surface area contributed by atoms with Gasteiger partial charge in [-0.05, 0) is 49.6 Å². The second-order valence-electron chi connectivity index (χ2n) is 8.44. The monoisotopic (exact) mass is 444 g/mol. The molecule has 0 spiro atoms. The minimum atomic E-state index is -0.866. The lowest BCUT2D eigenvalue weighted by Crippen LogP contribution is -2.28. The van der Waals surface area contributed by atoms with Gasteiger partial charge >= 0.3 is 0 Å². The SMILES string of the molecule is Cc1cccc2cc(CNc3ncnc(N)c3C(=N)C#C[C@@H](C)O)n(C3CCCC3)c(=O)c12. The van der Waals surface area contributed by atoms with Crippen molar-refractivity contribution in [1.29, 1.82) is 5.41 Å². The van der Waals surface area contributed by atoms with Crippen LogP contribution >= 0.6 is 0 Å². The predicted octanol–water partition coefficient (Wildman–Crippen LogP) is 3.16.